The first-order valence-electron chi connectivity index (χ1n) is 5.19. The van der Waals surface area contributed by atoms with Crippen molar-refractivity contribution in [2.45, 2.75) is 13.0 Å². The van der Waals surface area contributed by atoms with Gasteiger partial charge in [0.1, 0.15) is 12.4 Å². The second-order valence-corrected chi connectivity index (χ2v) is 4.48. The smallest absolute Gasteiger partial charge is 0.273 e. The molecular formula is C12H11NO2S. The normalized spacial score (nSPS) is 13.2. The number of aromatic nitrogens is 1. The van der Waals surface area contributed by atoms with Gasteiger partial charge < -0.3 is 9.47 Å². The largest absolute Gasteiger partial charge is 0.493 e. The molecule has 2 aromatic rings. The fourth-order valence-corrected chi connectivity index (χ4v) is 2.24. The van der Waals surface area contributed by atoms with Crippen molar-refractivity contribution in [3.63, 3.8) is 0 Å². The summed E-state index contributed by atoms with van der Waals surface area (Å²) in [5, 5.41) is 2.63. The van der Waals surface area contributed by atoms with Gasteiger partial charge in [0.25, 0.3) is 5.19 Å². The van der Waals surface area contributed by atoms with Crippen molar-refractivity contribution in [1.82, 2.24) is 4.98 Å². The van der Waals surface area contributed by atoms with Gasteiger partial charge >= 0.3 is 0 Å². The summed E-state index contributed by atoms with van der Waals surface area (Å²) in [7, 11) is 0. The van der Waals surface area contributed by atoms with Crippen LogP contribution in [0, 0.1) is 0 Å². The molecule has 1 aromatic heterocycles. The minimum Gasteiger partial charge on any atom is -0.493 e. The monoisotopic (exact) mass is 233 g/mol. The van der Waals surface area contributed by atoms with Gasteiger partial charge in [0.15, 0.2) is 0 Å². The molecule has 1 aliphatic heterocycles. The predicted molar refractivity (Wildman–Crippen MR) is 62.1 cm³/mol. The van der Waals surface area contributed by atoms with Gasteiger partial charge in [-0.2, -0.15) is 0 Å². The number of hydrogen-bond acceptors (Lipinski definition) is 4. The Kier molecular flexibility index (Phi) is 2.50. The standard InChI is InChI=1S/C12H11NO2S/c1-2-11-10(3-5-14-11)7-9(1)8-15-12-13-4-6-16-12/h1-2,4,6-7H,3,5,8H2. The molecule has 1 aliphatic rings. The SMILES string of the molecule is c1csc(OCc2ccc3c(c2)CCO3)n1. The lowest BCUT2D eigenvalue weighted by Gasteiger charge is -2.04. The summed E-state index contributed by atoms with van der Waals surface area (Å²) >= 11 is 1.51. The quantitative estimate of drug-likeness (QED) is 0.816. The van der Waals surface area contributed by atoms with Gasteiger partial charge in [0.2, 0.25) is 0 Å². The molecule has 0 aliphatic carbocycles. The highest BCUT2D eigenvalue weighted by atomic mass is 32.1. The molecule has 0 radical (unpaired) electrons. The maximum absolute atomic E-state index is 5.56. The van der Waals surface area contributed by atoms with Crippen LogP contribution in [0.1, 0.15) is 11.1 Å². The van der Waals surface area contributed by atoms with Crippen LogP contribution in [0.5, 0.6) is 10.9 Å². The number of rotatable bonds is 3. The number of benzene rings is 1. The van der Waals surface area contributed by atoms with Gasteiger partial charge in [0.05, 0.1) is 6.61 Å². The Balaban J connectivity index is 1.71. The molecule has 0 unspecified atom stereocenters. The highest BCUT2D eigenvalue weighted by molar-refractivity contribution is 7.11. The molecule has 82 valence electrons. The van der Waals surface area contributed by atoms with E-state index in [0.29, 0.717) is 6.61 Å². The van der Waals surface area contributed by atoms with Crippen LogP contribution in [0.4, 0.5) is 0 Å². The van der Waals surface area contributed by atoms with Crippen molar-refractivity contribution < 1.29 is 9.47 Å². The fraction of sp³-hybridized carbons (Fsp3) is 0.250. The van der Waals surface area contributed by atoms with Crippen molar-refractivity contribution >= 4 is 11.3 Å². The van der Waals surface area contributed by atoms with E-state index in [2.05, 4.69) is 11.1 Å². The van der Waals surface area contributed by atoms with Gasteiger partial charge in [-0.25, -0.2) is 4.98 Å². The highest BCUT2D eigenvalue weighted by Gasteiger charge is 2.12. The molecule has 0 amide bonds. The highest BCUT2D eigenvalue weighted by Crippen LogP contribution is 2.26. The summed E-state index contributed by atoms with van der Waals surface area (Å²) in [4.78, 5) is 4.08. The maximum atomic E-state index is 5.56. The first-order chi connectivity index (χ1) is 7.92. The van der Waals surface area contributed by atoms with Crippen LogP contribution in [0.25, 0.3) is 0 Å². The van der Waals surface area contributed by atoms with Crippen molar-refractivity contribution in [2.75, 3.05) is 6.61 Å². The van der Waals surface area contributed by atoms with Crippen LogP contribution in [0.3, 0.4) is 0 Å². The van der Waals surface area contributed by atoms with E-state index in [4.69, 9.17) is 9.47 Å². The lowest BCUT2D eigenvalue weighted by Crippen LogP contribution is -1.95. The Morgan fingerprint density at radius 3 is 3.31 bits per heavy atom. The fourth-order valence-electron chi connectivity index (χ4n) is 1.76. The average molecular weight is 233 g/mol. The van der Waals surface area contributed by atoms with Crippen LogP contribution in [-0.4, -0.2) is 11.6 Å². The second kappa shape index (κ2) is 4.14. The van der Waals surface area contributed by atoms with Gasteiger partial charge in [-0.05, 0) is 23.3 Å². The molecular weight excluding hydrogens is 222 g/mol. The van der Waals surface area contributed by atoms with E-state index in [1.807, 2.05) is 17.5 Å². The Bertz CT molecular complexity index is 482. The van der Waals surface area contributed by atoms with Crippen molar-refractivity contribution in [3.8, 4) is 10.9 Å². The molecule has 0 spiro atoms. The van der Waals surface area contributed by atoms with Crippen LogP contribution in [0.15, 0.2) is 29.8 Å². The van der Waals surface area contributed by atoms with Crippen LogP contribution in [0.2, 0.25) is 0 Å². The molecule has 16 heavy (non-hydrogen) atoms. The Hall–Kier alpha value is -1.55. The predicted octanol–water partition coefficient (Wildman–Crippen LogP) is 2.66. The van der Waals surface area contributed by atoms with E-state index >= 15 is 0 Å². The number of nitrogens with zero attached hydrogens (tertiary/aromatic N) is 1. The Morgan fingerprint density at radius 2 is 2.44 bits per heavy atom. The second-order valence-electron chi connectivity index (χ2n) is 3.63. The molecule has 0 saturated heterocycles. The van der Waals surface area contributed by atoms with Crippen LogP contribution < -0.4 is 9.47 Å². The Morgan fingerprint density at radius 1 is 1.44 bits per heavy atom. The lowest BCUT2D eigenvalue weighted by molar-refractivity contribution is 0.304. The summed E-state index contributed by atoms with van der Waals surface area (Å²) in [6, 6.07) is 6.20. The molecule has 0 atom stereocenters. The molecule has 4 heteroatoms. The number of ether oxygens (including phenoxy) is 2. The lowest BCUT2D eigenvalue weighted by atomic mass is 10.1. The first kappa shape index (κ1) is 9.66. The first-order valence-corrected chi connectivity index (χ1v) is 6.07. The number of fused-ring (bicyclic) bond motifs is 1. The third kappa shape index (κ3) is 1.88. The molecule has 3 rings (SSSR count). The minimum atomic E-state index is 0.570. The van der Waals surface area contributed by atoms with Crippen LogP contribution >= 0.6 is 11.3 Å². The number of hydrogen-bond donors (Lipinski definition) is 0. The zero-order valence-electron chi connectivity index (χ0n) is 8.68. The molecule has 0 N–H and O–H groups in total. The van der Waals surface area contributed by atoms with Crippen LogP contribution in [-0.2, 0) is 13.0 Å². The minimum absolute atomic E-state index is 0.570. The summed E-state index contributed by atoms with van der Waals surface area (Å²) in [6.07, 6.45) is 2.75. The molecule has 0 saturated carbocycles. The molecule has 0 bridgehead atoms. The zero-order valence-corrected chi connectivity index (χ0v) is 9.50. The van der Waals surface area contributed by atoms with Gasteiger partial charge in [-0.15, -0.1) is 0 Å². The van der Waals surface area contributed by atoms with E-state index in [9.17, 15) is 0 Å². The van der Waals surface area contributed by atoms with Crippen molar-refractivity contribution in [2.24, 2.45) is 0 Å². The van der Waals surface area contributed by atoms with E-state index in [-0.39, 0.29) is 0 Å². The molecule has 1 aromatic carbocycles. The third-order valence-electron chi connectivity index (χ3n) is 2.53. The van der Waals surface area contributed by atoms with E-state index in [1.54, 1.807) is 6.20 Å². The maximum Gasteiger partial charge on any atom is 0.273 e. The molecule has 0 fully saturated rings. The zero-order chi connectivity index (χ0) is 10.8. The average Bonchev–Trinajstić information content (AvgIpc) is 2.97. The Labute approximate surface area is 97.7 Å². The van der Waals surface area contributed by atoms with Crippen molar-refractivity contribution in [3.05, 3.63) is 40.9 Å². The topological polar surface area (TPSA) is 31.4 Å². The van der Waals surface area contributed by atoms with Gasteiger partial charge in [-0.3, -0.25) is 0 Å². The molecule has 2 heterocycles. The van der Waals surface area contributed by atoms with E-state index < -0.39 is 0 Å². The number of thiazole rings is 1. The third-order valence-corrected chi connectivity index (χ3v) is 3.21. The summed E-state index contributed by atoms with van der Waals surface area (Å²) < 4.78 is 11.0. The van der Waals surface area contributed by atoms with E-state index in [1.165, 1.54) is 22.5 Å². The molecule has 3 nitrogen and oxygen atoms in total. The summed E-state index contributed by atoms with van der Waals surface area (Å²) in [5.74, 6) is 1.01. The van der Waals surface area contributed by atoms with Gasteiger partial charge in [-0.1, -0.05) is 17.4 Å². The summed E-state index contributed by atoms with van der Waals surface area (Å²) in [5.41, 5.74) is 2.44. The van der Waals surface area contributed by atoms with E-state index in [0.717, 1.165) is 24.0 Å². The van der Waals surface area contributed by atoms with Gasteiger partial charge in [0, 0.05) is 18.0 Å². The summed E-state index contributed by atoms with van der Waals surface area (Å²) in [6.45, 7) is 1.37. The van der Waals surface area contributed by atoms with Crippen molar-refractivity contribution in [1.29, 1.82) is 0 Å².